The van der Waals surface area contributed by atoms with E-state index in [2.05, 4.69) is 0 Å². The molecule has 1 aromatic rings. The number of carbonyl (C=O) groups is 1. The molecule has 0 heterocycles. The van der Waals surface area contributed by atoms with Crippen LogP contribution >= 0.6 is 0 Å². The molecule has 0 amide bonds. The minimum Gasteiger partial charge on any atom is -0.496 e. The Morgan fingerprint density at radius 3 is 2.25 bits per heavy atom. The zero-order chi connectivity index (χ0) is 15.3. The molecule has 0 aliphatic heterocycles. The Balaban J connectivity index is 2.86. The molecule has 0 aliphatic rings. The molecule has 1 rings (SSSR count). The van der Waals surface area contributed by atoms with Crippen molar-refractivity contribution in [1.82, 2.24) is 0 Å². The molecule has 0 aromatic heterocycles. The molecule has 2 N–H and O–H groups in total. The third-order valence-corrected chi connectivity index (χ3v) is 3.07. The van der Waals surface area contributed by atoms with Gasteiger partial charge in [-0.25, -0.2) is 0 Å². The molecule has 0 fully saturated rings. The number of benzene rings is 1. The highest BCUT2D eigenvalue weighted by Crippen LogP contribution is 2.29. The number of ether oxygens (including phenoxy) is 2. The Morgan fingerprint density at radius 2 is 1.80 bits per heavy atom. The molecule has 0 saturated carbocycles. The fourth-order valence-electron chi connectivity index (χ4n) is 2.20. The van der Waals surface area contributed by atoms with Crippen molar-refractivity contribution in [3.63, 3.8) is 0 Å². The second-order valence-electron chi connectivity index (χ2n) is 4.71. The standard InChI is InChI=1S/C15H22O5/c1-5-20-13(17)8-12(16)14(18)11-6-9(2)15(19-4)10(3)7-11/h6-7,12,14,16,18H,5,8H2,1-4H3. The first-order valence-corrected chi connectivity index (χ1v) is 6.57. The minimum atomic E-state index is -1.19. The molecule has 0 saturated heterocycles. The van der Waals surface area contributed by atoms with Crippen LogP contribution in [0.3, 0.4) is 0 Å². The molecular weight excluding hydrogens is 260 g/mol. The van der Waals surface area contributed by atoms with Crippen LogP contribution in [0, 0.1) is 13.8 Å². The van der Waals surface area contributed by atoms with E-state index in [1.165, 1.54) is 0 Å². The Hall–Kier alpha value is -1.59. The third kappa shape index (κ3) is 3.95. The number of hydrogen-bond donors (Lipinski definition) is 2. The fraction of sp³-hybridized carbons (Fsp3) is 0.533. The number of aliphatic hydroxyl groups excluding tert-OH is 2. The maximum Gasteiger partial charge on any atom is 0.308 e. The molecule has 0 spiro atoms. The van der Waals surface area contributed by atoms with Crippen molar-refractivity contribution in [3.8, 4) is 5.75 Å². The molecule has 0 aliphatic carbocycles. The summed E-state index contributed by atoms with van der Waals surface area (Å²) >= 11 is 0. The molecule has 2 unspecified atom stereocenters. The number of aryl methyl sites for hydroxylation is 2. The van der Waals surface area contributed by atoms with E-state index < -0.39 is 18.2 Å². The minimum absolute atomic E-state index is 0.237. The maximum absolute atomic E-state index is 11.3. The van der Waals surface area contributed by atoms with Crippen LogP contribution in [0.1, 0.15) is 36.1 Å². The van der Waals surface area contributed by atoms with Crippen molar-refractivity contribution in [3.05, 3.63) is 28.8 Å². The van der Waals surface area contributed by atoms with E-state index >= 15 is 0 Å². The van der Waals surface area contributed by atoms with E-state index in [4.69, 9.17) is 9.47 Å². The van der Waals surface area contributed by atoms with Gasteiger partial charge in [0.05, 0.1) is 26.2 Å². The van der Waals surface area contributed by atoms with Crippen LogP contribution in [0.5, 0.6) is 5.75 Å². The quantitative estimate of drug-likeness (QED) is 0.776. The van der Waals surface area contributed by atoms with Crippen LogP contribution < -0.4 is 4.74 Å². The maximum atomic E-state index is 11.3. The van der Waals surface area contributed by atoms with Crippen molar-refractivity contribution in [2.75, 3.05) is 13.7 Å². The molecule has 0 radical (unpaired) electrons. The number of rotatable bonds is 6. The Labute approximate surface area is 119 Å². The second-order valence-corrected chi connectivity index (χ2v) is 4.71. The predicted molar refractivity (Wildman–Crippen MR) is 74.7 cm³/mol. The van der Waals surface area contributed by atoms with Gasteiger partial charge in [-0.05, 0) is 49.6 Å². The van der Waals surface area contributed by atoms with Crippen molar-refractivity contribution in [1.29, 1.82) is 0 Å². The summed E-state index contributed by atoms with van der Waals surface area (Å²) in [5, 5.41) is 20.0. The number of esters is 1. The lowest BCUT2D eigenvalue weighted by molar-refractivity contribution is -0.147. The normalized spacial score (nSPS) is 13.7. The molecular formula is C15H22O5. The van der Waals surface area contributed by atoms with Crippen molar-refractivity contribution in [2.24, 2.45) is 0 Å². The van der Waals surface area contributed by atoms with Crippen LogP contribution in [0.15, 0.2) is 12.1 Å². The highest BCUT2D eigenvalue weighted by molar-refractivity contribution is 5.70. The molecule has 1 aromatic carbocycles. The van der Waals surface area contributed by atoms with Gasteiger partial charge >= 0.3 is 5.97 Å². The van der Waals surface area contributed by atoms with Gasteiger partial charge in [-0.3, -0.25) is 4.79 Å². The van der Waals surface area contributed by atoms with Crippen molar-refractivity contribution in [2.45, 2.75) is 39.4 Å². The zero-order valence-corrected chi connectivity index (χ0v) is 12.3. The fourth-order valence-corrected chi connectivity index (χ4v) is 2.20. The summed E-state index contributed by atoms with van der Waals surface area (Å²) in [6.07, 6.45) is -2.57. The molecule has 5 nitrogen and oxygen atoms in total. The second kappa shape index (κ2) is 7.26. The predicted octanol–water partition coefficient (Wildman–Crippen LogP) is 1.66. The van der Waals surface area contributed by atoms with Crippen LogP contribution in [0.25, 0.3) is 0 Å². The average Bonchev–Trinajstić information content (AvgIpc) is 2.37. The first-order chi connectivity index (χ1) is 9.40. The summed E-state index contributed by atoms with van der Waals surface area (Å²) < 4.78 is 10.0. The van der Waals surface area contributed by atoms with Gasteiger partial charge in [0.1, 0.15) is 11.9 Å². The van der Waals surface area contributed by atoms with E-state index in [9.17, 15) is 15.0 Å². The Morgan fingerprint density at radius 1 is 1.25 bits per heavy atom. The van der Waals surface area contributed by atoms with E-state index in [-0.39, 0.29) is 13.0 Å². The highest BCUT2D eigenvalue weighted by atomic mass is 16.5. The number of carbonyl (C=O) groups excluding carboxylic acids is 1. The molecule has 5 heteroatoms. The van der Waals surface area contributed by atoms with Crippen LogP contribution in [0.4, 0.5) is 0 Å². The van der Waals surface area contributed by atoms with E-state index in [1.54, 1.807) is 26.2 Å². The van der Waals surface area contributed by atoms with Crippen LogP contribution in [-0.2, 0) is 9.53 Å². The summed E-state index contributed by atoms with van der Waals surface area (Å²) in [6.45, 7) is 5.67. The van der Waals surface area contributed by atoms with Gasteiger partial charge in [0.2, 0.25) is 0 Å². The van der Waals surface area contributed by atoms with Gasteiger partial charge in [-0.15, -0.1) is 0 Å². The van der Waals surface area contributed by atoms with Gasteiger partial charge in [0.25, 0.3) is 0 Å². The largest absolute Gasteiger partial charge is 0.496 e. The van der Waals surface area contributed by atoms with Gasteiger partial charge in [0.15, 0.2) is 0 Å². The number of methoxy groups -OCH3 is 1. The van der Waals surface area contributed by atoms with Crippen molar-refractivity contribution >= 4 is 5.97 Å². The summed E-state index contributed by atoms with van der Waals surface area (Å²) in [5.41, 5.74) is 2.28. The zero-order valence-electron chi connectivity index (χ0n) is 12.3. The molecule has 2 atom stereocenters. The lowest BCUT2D eigenvalue weighted by Gasteiger charge is -2.19. The first-order valence-electron chi connectivity index (χ1n) is 6.57. The van der Waals surface area contributed by atoms with Crippen LogP contribution in [-0.4, -0.2) is 36.0 Å². The van der Waals surface area contributed by atoms with Gasteiger partial charge in [-0.2, -0.15) is 0 Å². The first kappa shape index (κ1) is 16.5. The smallest absolute Gasteiger partial charge is 0.308 e. The third-order valence-electron chi connectivity index (χ3n) is 3.07. The molecule has 0 bridgehead atoms. The Kier molecular flexibility index (Phi) is 5.98. The Bertz CT molecular complexity index is 446. The van der Waals surface area contributed by atoms with Gasteiger partial charge in [-0.1, -0.05) is 0 Å². The van der Waals surface area contributed by atoms with Crippen molar-refractivity contribution < 1.29 is 24.5 Å². The summed E-state index contributed by atoms with van der Waals surface area (Å²) in [5.74, 6) is 0.224. The lowest BCUT2D eigenvalue weighted by Crippen LogP contribution is -2.23. The topological polar surface area (TPSA) is 76.0 Å². The van der Waals surface area contributed by atoms with Gasteiger partial charge < -0.3 is 19.7 Å². The SMILES string of the molecule is CCOC(=O)CC(O)C(O)c1cc(C)c(OC)c(C)c1. The van der Waals surface area contributed by atoms with E-state index in [1.807, 2.05) is 13.8 Å². The number of hydrogen-bond acceptors (Lipinski definition) is 5. The summed E-state index contributed by atoms with van der Waals surface area (Å²) in [7, 11) is 1.58. The monoisotopic (exact) mass is 282 g/mol. The average molecular weight is 282 g/mol. The van der Waals surface area contributed by atoms with E-state index in [0.717, 1.165) is 16.9 Å². The lowest BCUT2D eigenvalue weighted by atomic mass is 9.97. The number of aliphatic hydroxyl groups is 2. The van der Waals surface area contributed by atoms with Gasteiger partial charge in [0, 0.05) is 0 Å². The molecule has 112 valence electrons. The summed E-state index contributed by atoms with van der Waals surface area (Å²) in [4.78, 5) is 11.3. The van der Waals surface area contributed by atoms with E-state index in [0.29, 0.717) is 5.56 Å². The highest BCUT2D eigenvalue weighted by Gasteiger charge is 2.23. The van der Waals surface area contributed by atoms with Crippen LogP contribution in [0.2, 0.25) is 0 Å². The summed E-state index contributed by atoms with van der Waals surface area (Å²) in [6, 6.07) is 3.48. The molecule has 20 heavy (non-hydrogen) atoms.